The molecule has 86 valence electrons. The standard InChI is InChI=1S/C13H17ClN2/c14-11-3-1-4-12(7-11)16-9-13(10-16)5-2-6-15-8-13/h1,3-4,7,15H,2,5-6,8-10H2. The van der Waals surface area contributed by atoms with E-state index in [0.29, 0.717) is 5.41 Å². The second kappa shape index (κ2) is 3.94. The van der Waals surface area contributed by atoms with E-state index in [1.54, 1.807) is 0 Å². The summed E-state index contributed by atoms with van der Waals surface area (Å²) in [4.78, 5) is 2.43. The maximum absolute atomic E-state index is 6.01. The van der Waals surface area contributed by atoms with Crippen molar-refractivity contribution in [2.45, 2.75) is 12.8 Å². The number of nitrogens with zero attached hydrogens (tertiary/aromatic N) is 1. The highest BCUT2D eigenvalue weighted by Gasteiger charge is 2.43. The van der Waals surface area contributed by atoms with Gasteiger partial charge in [0.1, 0.15) is 0 Å². The van der Waals surface area contributed by atoms with Crippen LogP contribution < -0.4 is 10.2 Å². The van der Waals surface area contributed by atoms with E-state index in [9.17, 15) is 0 Å². The Morgan fingerprint density at radius 1 is 1.31 bits per heavy atom. The number of anilines is 1. The third-order valence-electron chi connectivity index (χ3n) is 3.79. The van der Waals surface area contributed by atoms with Crippen LogP contribution in [-0.2, 0) is 0 Å². The molecule has 0 amide bonds. The van der Waals surface area contributed by atoms with Gasteiger partial charge in [-0.2, -0.15) is 0 Å². The molecule has 0 saturated carbocycles. The molecule has 2 saturated heterocycles. The monoisotopic (exact) mass is 236 g/mol. The van der Waals surface area contributed by atoms with Crippen molar-refractivity contribution in [2.24, 2.45) is 5.41 Å². The first kappa shape index (κ1) is 10.4. The number of halogens is 1. The first-order chi connectivity index (χ1) is 7.77. The molecular formula is C13H17ClN2. The Kier molecular flexibility index (Phi) is 2.56. The van der Waals surface area contributed by atoms with Crippen molar-refractivity contribution in [3.8, 4) is 0 Å². The Bertz CT molecular complexity index is 377. The third kappa shape index (κ3) is 1.80. The predicted molar refractivity (Wildman–Crippen MR) is 68.2 cm³/mol. The lowest BCUT2D eigenvalue weighted by molar-refractivity contribution is 0.157. The van der Waals surface area contributed by atoms with Crippen LogP contribution in [0, 0.1) is 5.41 Å². The van der Waals surface area contributed by atoms with E-state index in [2.05, 4.69) is 22.3 Å². The summed E-state index contributed by atoms with van der Waals surface area (Å²) in [5.74, 6) is 0. The van der Waals surface area contributed by atoms with Gasteiger partial charge in [-0.05, 0) is 37.6 Å². The minimum atomic E-state index is 0.542. The largest absolute Gasteiger partial charge is 0.370 e. The van der Waals surface area contributed by atoms with Crippen LogP contribution in [0.4, 0.5) is 5.69 Å². The number of hydrogen-bond acceptors (Lipinski definition) is 2. The topological polar surface area (TPSA) is 15.3 Å². The van der Waals surface area contributed by atoms with E-state index in [4.69, 9.17) is 11.6 Å². The Morgan fingerprint density at radius 3 is 2.88 bits per heavy atom. The molecule has 2 aliphatic rings. The molecule has 1 N–H and O–H groups in total. The summed E-state index contributed by atoms with van der Waals surface area (Å²) in [6, 6.07) is 8.17. The van der Waals surface area contributed by atoms with Crippen molar-refractivity contribution in [1.82, 2.24) is 5.32 Å². The Balaban J connectivity index is 1.68. The molecule has 2 aliphatic heterocycles. The van der Waals surface area contributed by atoms with Gasteiger partial charge in [0, 0.05) is 35.8 Å². The maximum Gasteiger partial charge on any atom is 0.0426 e. The van der Waals surface area contributed by atoms with Crippen molar-refractivity contribution in [2.75, 3.05) is 31.1 Å². The van der Waals surface area contributed by atoms with Crippen molar-refractivity contribution >= 4 is 17.3 Å². The van der Waals surface area contributed by atoms with Gasteiger partial charge in [0.25, 0.3) is 0 Å². The fraction of sp³-hybridized carbons (Fsp3) is 0.538. The second-order valence-corrected chi connectivity index (χ2v) is 5.55. The average Bonchev–Trinajstić information content (AvgIpc) is 2.27. The van der Waals surface area contributed by atoms with Gasteiger partial charge in [0.15, 0.2) is 0 Å². The zero-order valence-corrected chi connectivity index (χ0v) is 10.1. The van der Waals surface area contributed by atoms with Gasteiger partial charge < -0.3 is 10.2 Å². The molecule has 0 aliphatic carbocycles. The summed E-state index contributed by atoms with van der Waals surface area (Å²) in [6.07, 6.45) is 2.69. The summed E-state index contributed by atoms with van der Waals surface area (Å²) in [5, 5.41) is 4.34. The molecule has 16 heavy (non-hydrogen) atoms. The molecule has 1 aromatic carbocycles. The lowest BCUT2D eigenvalue weighted by Crippen LogP contribution is -2.62. The summed E-state index contributed by atoms with van der Waals surface area (Å²) in [5.41, 5.74) is 1.81. The Hall–Kier alpha value is -0.730. The van der Waals surface area contributed by atoms with E-state index in [1.165, 1.54) is 44.7 Å². The van der Waals surface area contributed by atoms with E-state index in [0.717, 1.165) is 5.02 Å². The summed E-state index contributed by atoms with van der Waals surface area (Å²) >= 11 is 6.01. The van der Waals surface area contributed by atoms with Gasteiger partial charge in [-0.25, -0.2) is 0 Å². The maximum atomic E-state index is 6.01. The first-order valence-electron chi connectivity index (χ1n) is 5.99. The van der Waals surface area contributed by atoms with E-state index < -0.39 is 0 Å². The Morgan fingerprint density at radius 2 is 2.19 bits per heavy atom. The number of hydrogen-bond donors (Lipinski definition) is 1. The summed E-state index contributed by atoms with van der Waals surface area (Å²) in [7, 11) is 0. The first-order valence-corrected chi connectivity index (χ1v) is 6.37. The average molecular weight is 237 g/mol. The highest BCUT2D eigenvalue weighted by molar-refractivity contribution is 6.30. The van der Waals surface area contributed by atoms with Crippen molar-refractivity contribution in [3.05, 3.63) is 29.3 Å². The van der Waals surface area contributed by atoms with Crippen LogP contribution in [0.5, 0.6) is 0 Å². The number of nitrogens with one attached hydrogen (secondary N) is 1. The SMILES string of the molecule is Clc1cccc(N2CC3(CCCNC3)C2)c1. The molecule has 3 heteroatoms. The summed E-state index contributed by atoms with van der Waals surface area (Å²) in [6.45, 7) is 4.74. The quantitative estimate of drug-likeness (QED) is 0.806. The molecule has 2 heterocycles. The van der Waals surface area contributed by atoms with Gasteiger partial charge in [0.2, 0.25) is 0 Å². The predicted octanol–water partition coefficient (Wildman–Crippen LogP) is 2.53. The van der Waals surface area contributed by atoms with Crippen molar-refractivity contribution in [1.29, 1.82) is 0 Å². The molecule has 0 aromatic heterocycles. The smallest absolute Gasteiger partial charge is 0.0426 e. The van der Waals surface area contributed by atoms with E-state index in [-0.39, 0.29) is 0 Å². The number of piperidine rings is 1. The molecule has 2 nitrogen and oxygen atoms in total. The van der Waals surface area contributed by atoms with Crippen molar-refractivity contribution < 1.29 is 0 Å². The molecule has 0 bridgehead atoms. The minimum Gasteiger partial charge on any atom is -0.370 e. The van der Waals surface area contributed by atoms with Gasteiger partial charge >= 0.3 is 0 Å². The van der Waals surface area contributed by atoms with Gasteiger partial charge in [-0.3, -0.25) is 0 Å². The van der Waals surface area contributed by atoms with Gasteiger partial charge in [-0.1, -0.05) is 17.7 Å². The van der Waals surface area contributed by atoms with Gasteiger partial charge in [-0.15, -0.1) is 0 Å². The summed E-state index contributed by atoms with van der Waals surface area (Å²) < 4.78 is 0. The van der Waals surface area contributed by atoms with E-state index >= 15 is 0 Å². The molecule has 0 atom stereocenters. The van der Waals surface area contributed by atoms with Crippen LogP contribution in [-0.4, -0.2) is 26.2 Å². The van der Waals surface area contributed by atoms with Crippen LogP contribution in [0.1, 0.15) is 12.8 Å². The fourth-order valence-corrected chi connectivity index (χ4v) is 3.10. The molecule has 0 radical (unpaired) electrons. The van der Waals surface area contributed by atoms with Gasteiger partial charge in [0.05, 0.1) is 0 Å². The van der Waals surface area contributed by atoms with E-state index in [1.807, 2.05) is 12.1 Å². The van der Waals surface area contributed by atoms with Crippen LogP contribution in [0.15, 0.2) is 24.3 Å². The highest BCUT2D eigenvalue weighted by atomic mass is 35.5. The molecule has 3 rings (SSSR count). The normalized spacial score (nSPS) is 23.2. The van der Waals surface area contributed by atoms with Crippen LogP contribution >= 0.6 is 11.6 Å². The molecule has 0 unspecified atom stereocenters. The highest BCUT2D eigenvalue weighted by Crippen LogP contribution is 2.39. The lowest BCUT2D eigenvalue weighted by Gasteiger charge is -2.53. The molecular weight excluding hydrogens is 220 g/mol. The minimum absolute atomic E-state index is 0.542. The number of rotatable bonds is 1. The molecule has 2 fully saturated rings. The molecule has 1 spiro atoms. The van der Waals surface area contributed by atoms with Crippen LogP contribution in [0.3, 0.4) is 0 Å². The van der Waals surface area contributed by atoms with Crippen molar-refractivity contribution in [3.63, 3.8) is 0 Å². The van der Waals surface area contributed by atoms with Crippen LogP contribution in [0.2, 0.25) is 5.02 Å². The molecule has 1 aromatic rings. The zero-order valence-electron chi connectivity index (χ0n) is 9.38. The second-order valence-electron chi connectivity index (χ2n) is 5.12. The Labute approximate surface area is 102 Å². The van der Waals surface area contributed by atoms with Crippen LogP contribution in [0.25, 0.3) is 0 Å². The third-order valence-corrected chi connectivity index (χ3v) is 4.02. The fourth-order valence-electron chi connectivity index (χ4n) is 2.92. The zero-order chi connectivity index (χ0) is 11.0. The number of benzene rings is 1. The lowest BCUT2D eigenvalue weighted by atomic mass is 9.74.